The maximum atomic E-state index is 14.0. The molecule has 40 heavy (non-hydrogen) atoms. The first kappa shape index (κ1) is 27.4. The van der Waals surface area contributed by atoms with Gasteiger partial charge in [0.05, 0.1) is 29.4 Å². The van der Waals surface area contributed by atoms with E-state index in [1.165, 1.54) is 16.3 Å². The van der Waals surface area contributed by atoms with Gasteiger partial charge in [0.1, 0.15) is 18.8 Å². The minimum Gasteiger partial charge on any atom is -0.375 e. The lowest BCUT2D eigenvalue weighted by Crippen LogP contribution is -2.66. The van der Waals surface area contributed by atoms with Crippen LogP contribution in [0.4, 0.5) is 9.93 Å². The van der Waals surface area contributed by atoms with Gasteiger partial charge in [-0.05, 0) is 23.6 Å². The van der Waals surface area contributed by atoms with Gasteiger partial charge in [-0.25, -0.2) is 14.8 Å². The third-order valence-corrected chi connectivity index (χ3v) is 8.14. The Morgan fingerprint density at radius 1 is 1.23 bits per heavy atom. The highest BCUT2D eigenvalue weighted by Crippen LogP contribution is 2.32. The van der Waals surface area contributed by atoms with Gasteiger partial charge in [-0.2, -0.15) is 10.3 Å². The molecule has 0 unspecified atom stereocenters. The van der Waals surface area contributed by atoms with Crippen LogP contribution in [-0.4, -0.2) is 81.0 Å². The Morgan fingerprint density at radius 3 is 2.77 bits per heavy atom. The topological polar surface area (TPSA) is 139 Å². The van der Waals surface area contributed by atoms with Gasteiger partial charge in [0.25, 0.3) is 0 Å². The number of nitrogens with two attached hydrogens (primary N) is 1. The molecule has 0 radical (unpaired) electrons. The standard InChI is InChI=1S/C28H32N8O3S/c1-2-3-13-31-28(39)34(14-12-29)35-18-24(37)36-21(15-19-8-5-4-6-9-19)26(38)33(17-23(35)36)16-20-10-7-11-22-25(20)32-27(30)40-22/h4-11,21,23H,2-3,13-18H2,1H3,(H2,30,32)(H,31,39)/t21-,23+/m0/s1. The van der Waals surface area contributed by atoms with Crippen LogP contribution in [0.15, 0.2) is 48.5 Å². The molecule has 2 fully saturated rings. The SMILES string of the molecule is CCCCNC(=O)N(CC#N)N1CC(=O)N2[C@@H](Cc3ccccc3)C(=O)N(Cc3cccc4sc(N)nc34)C[C@@H]21. The van der Waals surface area contributed by atoms with E-state index >= 15 is 0 Å². The molecule has 2 saturated heterocycles. The summed E-state index contributed by atoms with van der Waals surface area (Å²) >= 11 is 1.39. The number of piperazine rings is 1. The van der Waals surface area contributed by atoms with Crippen LogP contribution in [0, 0.1) is 11.3 Å². The van der Waals surface area contributed by atoms with E-state index < -0.39 is 18.2 Å². The first-order chi connectivity index (χ1) is 19.4. The highest BCUT2D eigenvalue weighted by atomic mass is 32.1. The van der Waals surface area contributed by atoms with Gasteiger partial charge < -0.3 is 20.9 Å². The number of hydrogen-bond donors (Lipinski definition) is 2. The highest BCUT2D eigenvalue weighted by molar-refractivity contribution is 7.22. The van der Waals surface area contributed by atoms with Crippen molar-refractivity contribution >= 4 is 44.5 Å². The van der Waals surface area contributed by atoms with Crippen molar-refractivity contribution in [3.63, 3.8) is 0 Å². The fourth-order valence-electron chi connectivity index (χ4n) is 5.39. The van der Waals surface area contributed by atoms with Crippen LogP contribution in [0.2, 0.25) is 0 Å². The van der Waals surface area contributed by atoms with E-state index in [-0.39, 0.29) is 38.0 Å². The Morgan fingerprint density at radius 2 is 2.02 bits per heavy atom. The number of para-hydroxylation sites is 1. The predicted octanol–water partition coefficient (Wildman–Crippen LogP) is 2.55. The van der Waals surface area contributed by atoms with Crippen molar-refractivity contribution in [1.29, 1.82) is 5.26 Å². The molecule has 0 saturated carbocycles. The number of aromatic nitrogens is 1. The smallest absolute Gasteiger partial charge is 0.333 e. The number of thiazole rings is 1. The minimum atomic E-state index is -0.759. The van der Waals surface area contributed by atoms with Crippen LogP contribution in [0.1, 0.15) is 30.9 Å². The summed E-state index contributed by atoms with van der Waals surface area (Å²) in [4.78, 5) is 48.4. The minimum absolute atomic E-state index is 0.0991. The van der Waals surface area contributed by atoms with Crippen LogP contribution >= 0.6 is 11.3 Å². The molecule has 0 aliphatic carbocycles. The third-order valence-electron chi connectivity index (χ3n) is 7.29. The average molecular weight is 561 g/mol. The maximum absolute atomic E-state index is 14.0. The Bertz CT molecular complexity index is 1440. The third kappa shape index (κ3) is 5.43. The van der Waals surface area contributed by atoms with Gasteiger partial charge in [-0.3, -0.25) is 9.59 Å². The van der Waals surface area contributed by atoms with Crippen molar-refractivity contribution in [2.45, 2.75) is 44.9 Å². The van der Waals surface area contributed by atoms with Gasteiger partial charge in [-0.1, -0.05) is 67.1 Å². The second kappa shape index (κ2) is 11.9. The largest absolute Gasteiger partial charge is 0.375 e. The molecule has 0 bridgehead atoms. The number of rotatable bonds is 9. The van der Waals surface area contributed by atoms with E-state index in [9.17, 15) is 19.6 Å². The number of hydrazine groups is 1. The predicted molar refractivity (Wildman–Crippen MR) is 151 cm³/mol. The molecule has 2 aliphatic heterocycles. The number of carbonyl (C=O) groups is 3. The molecule has 0 spiro atoms. The van der Waals surface area contributed by atoms with Crippen LogP contribution in [-0.2, 0) is 22.6 Å². The van der Waals surface area contributed by atoms with Gasteiger partial charge in [0, 0.05) is 19.5 Å². The molecule has 2 atom stereocenters. The number of nitriles is 1. The molecule has 3 heterocycles. The van der Waals surface area contributed by atoms with Crippen LogP contribution in [0.3, 0.4) is 0 Å². The number of fused-ring (bicyclic) bond motifs is 2. The summed E-state index contributed by atoms with van der Waals surface area (Å²) in [5.41, 5.74) is 8.50. The lowest BCUT2D eigenvalue weighted by Gasteiger charge is -2.46. The van der Waals surface area contributed by atoms with E-state index in [1.807, 2.05) is 55.5 Å². The maximum Gasteiger partial charge on any atom is 0.333 e. The molecular formula is C28H32N8O3S. The molecule has 208 valence electrons. The number of unbranched alkanes of at least 4 members (excludes halogenated alkanes) is 1. The van der Waals surface area contributed by atoms with Gasteiger partial charge >= 0.3 is 6.03 Å². The van der Waals surface area contributed by atoms with E-state index in [2.05, 4.69) is 16.4 Å². The Kier molecular flexibility index (Phi) is 8.14. The van der Waals surface area contributed by atoms with E-state index in [0.717, 1.165) is 34.2 Å². The summed E-state index contributed by atoms with van der Waals surface area (Å²) in [5.74, 6) is -0.424. The first-order valence-corrected chi connectivity index (χ1v) is 14.2. The molecule has 4 amide bonds. The van der Waals surface area contributed by atoms with E-state index in [1.54, 1.807) is 14.8 Å². The average Bonchev–Trinajstić information content (AvgIpc) is 3.49. The number of hydrogen-bond acceptors (Lipinski definition) is 8. The summed E-state index contributed by atoms with van der Waals surface area (Å²) < 4.78 is 0.934. The highest BCUT2D eigenvalue weighted by Gasteiger charge is 2.52. The van der Waals surface area contributed by atoms with E-state index in [0.29, 0.717) is 18.1 Å². The molecule has 1 aromatic heterocycles. The fourth-order valence-corrected chi connectivity index (χ4v) is 6.18. The van der Waals surface area contributed by atoms with Crippen molar-refractivity contribution < 1.29 is 14.4 Å². The zero-order chi connectivity index (χ0) is 28.2. The normalized spacial score (nSPS) is 19.1. The van der Waals surface area contributed by atoms with Crippen molar-refractivity contribution in [3.8, 4) is 6.07 Å². The van der Waals surface area contributed by atoms with Crippen LogP contribution in [0.5, 0.6) is 0 Å². The summed E-state index contributed by atoms with van der Waals surface area (Å²) in [6.45, 7) is 2.63. The number of nitrogen functional groups attached to an aromatic ring is 1. The molecule has 2 aromatic carbocycles. The van der Waals surface area contributed by atoms with Crippen molar-refractivity contribution in [2.75, 3.05) is 31.9 Å². The Balaban J connectivity index is 1.49. The van der Waals surface area contributed by atoms with Crippen molar-refractivity contribution in [1.82, 2.24) is 30.1 Å². The summed E-state index contributed by atoms with van der Waals surface area (Å²) in [7, 11) is 0. The lowest BCUT2D eigenvalue weighted by atomic mass is 10.00. The summed E-state index contributed by atoms with van der Waals surface area (Å²) in [6.07, 6.45) is 1.44. The molecule has 12 heteroatoms. The number of nitrogens with one attached hydrogen (secondary N) is 1. The van der Waals surface area contributed by atoms with Gasteiger partial charge in [-0.15, -0.1) is 0 Å². The van der Waals surface area contributed by atoms with Crippen molar-refractivity contribution in [3.05, 3.63) is 59.7 Å². The number of urea groups is 1. The molecule has 5 rings (SSSR count). The summed E-state index contributed by atoms with van der Waals surface area (Å²) in [5, 5.41) is 15.8. The monoisotopic (exact) mass is 560 g/mol. The lowest BCUT2D eigenvalue weighted by molar-refractivity contribution is -0.157. The molecule has 3 aromatic rings. The quantitative estimate of drug-likeness (QED) is 0.303. The number of amides is 4. The second-order valence-corrected chi connectivity index (χ2v) is 11.0. The second-order valence-electron chi connectivity index (χ2n) is 9.92. The fraction of sp³-hybridized carbons (Fsp3) is 0.393. The zero-order valence-corrected chi connectivity index (χ0v) is 23.1. The number of benzene rings is 2. The van der Waals surface area contributed by atoms with Crippen LogP contribution < -0.4 is 11.1 Å². The number of nitrogens with zero attached hydrogens (tertiary/aromatic N) is 6. The summed E-state index contributed by atoms with van der Waals surface area (Å²) in [6, 6.07) is 16.2. The van der Waals surface area contributed by atoms with E-state index in [4.69, 9.17) is 5.73 Å². The first-order valence-electron chi connectivity index (χ1n) is 13.4. The van der Waals surface area contributed by atoms with Crippen molar-refractivity contribution in [2.24, 2.45) is 0 Å². The molecular weight excluding hydrogens is 528 g/mol. The number of anilines is 1. The molecule has 3 N–H and O–H groups in total. The molecule has 11 nitrogen and oxygen atoms in total. The Labute approximate surface area is 236 Å². The van der Waals surface area contributed by atoms with Gasteiger partial charge in [0.15, 0.2) is 5.13 Å². The number of carbonyl (C=O) groups excluding carboxylic acids is 3. The van der Waals surface area contributed by atoms with Crippen LogP contribution in [0.25, 0.3) is 10.2 Å². The zero-order valence-electron chi connectivity index (χ0n) is 22.3. The Hall–Kier alpha value is -4.21. The molecule has 2 aliphatic rings. The van der Waals surface area contributed by atoms with Gasteiger partial charge in [0.2, 0.25) is 11.8 Å².